The number of aromatic nitrogens is 1. The highest BCUT2D eigenvalue weighted by Crippen LogP contribution is 2.18. The number of rotatable bonds is 6. The Bertz CT molecular complexity index is 847. The summed E-state index contributed by atoms with van der Waals surface area (Å²) in [6, 6.07) is 12.2. The lowest BCUT2D eigenvalue weighted by molar-refractivity contribution is -0.936. The third kappa shape index (κ3) is 3.68. The van der Waals surface area contributed by atoms with Gasteiger partial charge in [-0.1, -0.05) is 18.2 Å². The standard InChI is InChI=1S/C21H25N3O2/c25-21(13-16-14-22-18-8-3-2-7-17(16)18)23-15-19(20-9-6-12-26-20)24-10-4-1-5-11-24/h2-3,6-9,12,14,19,22H,1,4-5,10-11,13,15H2,(H,23,25)/p+1/t19-/m1/s1. The first kappa shape index (κ1) is 16.9. The first-order valence-corrected chi connectivity index (χ1v) is 9.51. The van der Waals surface area contributed by atoms with E-state index in [-0.39, 0.29) is 11.9 Å². The third-order valence-corrected chi connectivity index (χ3v) is 5.40. The van der Waals surface area contributed by atoms with Crippen LogP contribution in [0.1, 0.15) is 36.6 Å². The maximum atomic E-state index is 12.5. The van der Waals surface area contributed by atoms with Gasteiger partial charge in [-0.3, -0.25) is 4.79 Å². The van der Waals surface area contributed by atoms with E-state index < -0.39 is 0 Å². The number of piperidine rings is 1. The molecule has 0 unspecified atom stereocenters. The van der Waals surface area contributed by atoms with Crippen molar-refractivity contribution in [3.8, 4) is 0 Å². The van der Waals surface area contributed by atoms with Crippen LogP contribution in [0, 0.1) is 0 Å². The lowest BCUT2D eigenvalue weighted by atomic mass is 10.1. The number of H-pyrrole nitrogens is 1. The van der Waals surface area contributed by atoms with Gasteiger partial charge in [0.15, 0.2) is 11.8 Å². The molecule has 1 atom stereocenters. The summed E-state index contributed by atoms with van der Waals surface area (Å²) in [4.78, 5) is 17.3. The van der Waals surface area contributed by atoms with Gasteiger partial charge >= 0.3 is 0 Å². The molecule has 4 rings (SSSR count). The average Bonchev–Trinajstić information content (AvgIpc) is 3.34. The average molecular weight is 352 g/mol. The van der Waals surface area contributed by atoms with Gasteiger partial charge in [0.1, 0.15) is 0 Å². The van der Waals surface area contributed by atoms with E-state index in [9.17, 15) is 4.79 Å². The highest BCUT2D eigenvalue weighted by atomic mass is 16.3. The topological polar surface area (TPSA) is 62.5 Å². The van der Waals surface area contributed by atoms with Crippen LogP contribution in [0.4, 0.5) is 0 Å². The summed E-state index contributed by atoms with van der Waals surface area (Å²) >= 11 is 0. The minimum Gasteiger partial charge on any atom is -0.463 e. The number of hydrogen-bond acceptors (Lipinski definition) is 2. The summed E-state index contributed by atoms with van der Waals surface area (Å²) in [7, 11) is 0. The molecule has 1 aliphatic rings. The van der Waals surface area contributed by atoms with Gasteiger partial charge in [-0.15, -0.1) is 0 Å². The van der Waals surface area contributed by atoms with Crippen molar-refractivity contribution in [1.82, 2.24) is 10.3 Å². The molecule has 1 saturated heterocycles. The molecule has 0 spiro atoms. The molecule has 1 aromatic carbocycles. The molecule has 5 nitrogen and oxygen atoms in total. The van der Waals surface area contributed by atoms with Crippen LogP contribution in [-0.2, 0) is 11.2 Å². The van der Waals surface area contributed by atoms with Crippen LogP contribution in [0.15, 0.2) is 53.3 Å². The Morgan fingerprint density at radius 1 is 1.15 bits per heavy atom. The second-order valence-electron chi connectivity index (χ2n) is 7.13. The second-order valence-corrected chi connectivity index (χ2v) is 7.13. The molecule has 26 heavy (non-hydrogen) atoms. The number of hydrogen-bond donors (Lipinski definition) is 3. The quantitative estimate of drug-likeness (QED) is 0.637. The fourth-order valence-corrected chi connectivity index (χ4v) is 4.02. The van der Waals surface area contributed by atoms with Crippen molar-refractivity contribution in [2.75, 3.05) is 19.6 Å². The molecular weight excluding hydrogens is 326 g/mol. The second kappa shape index (κ2) is 7.79. The molecule has 1 aliphatic heterocycles. The van der Waals surface area contributed by atoms with Crippen molar-refractivity contribution in [2.24, 2.45) is 0 Å². The van der Waals surface area contributed by atoms with Gasteiger partial charge in [0, 0.05) is 17.1 Å². The van der Waals surface area contributed by atoms with E-state index in [1.165, 1.54) is 24.2 Å². The van der Waals surface area contributed by atoms with Crippen molar-refractivity contribution < 1.29 is 14.1 Å². The third-order valence-electron chi connectivity index (χ3n) is 5.40. The van der Waals surface area contributed by atoms with E-state index in [1.54, 1.807) is 6.26 Å². The Hall–Kier alpha value is -2.53. The lowest BCUT2D eigenvalue weighted by Crippen LogP contribution is -3.13. The molecule has 5 heteroatoms. The molecule has 0 radical (unpaired) electrons. The predicted molar refractivity (Wildman–Crippen MR) is 101 cm³/mol. The van der Waals surface area contributed by atoms with E-state index in [2.05, 4.69) is 16.4 Å². The molecule has 3 heterocycles. The van der Waals surface area contributed by atoms with Crippen molar-refractivity contribution in [2.45, 2.75) is 31.7 Å². The molecule has 1 fully saturated rings. The largest absolute Gasteiger partial charge is 0.463 e. The van der Waals surface area contributed by atoms with Crippen molar-refractivity contribution in [3.63, 3.8) is 0 Å². The fourth-order valence-electron chi connectivity index (χ4n) is 4.02. The van der Waals surface area contributed by atoms with Crippen LogP contribution in [0.5, 0.6) is 0 Å². The maximum absolute atomic E-state index is 12.5. The summed E-state index contributed by atoms with van der Waals surface area (Å²) in [5.41, 5.74) is 2.11. The van der Waals surface area contributed by atoms with E-state index in [1.807, 2.05) is 36.5 Å². The number of aromatic amines is 1. The first-order valence-electron chi connectivity index (χ1n) is 9.51. The van der Waals surface area contributed by atoms with Crippen LogP contribution in [0.2, 0.25) is 0 Å². The van der Waals surface area contributed by atoms with Crippen LogP contribution < -0.4 is 10.2 Å². The summed E-state index contributed by atoms with van der Waals surface area (Å²) in [6.45, 7) is 2.90. The zero-order valence-corrected chi connectivity index (χ0v) is 15.0. The van der Waals surface area contributed by atoms with Gasteiger partial charge in [-0.25, -0.2) is 0 Å². The van der Waals surface area contributed by atoms with E-state index >= 15 is 0 Å². The van der Waals surface area contributed by atoms with Crippen molar-refractivity contribution in [3.05, 3.63) is 60.2 Å². The normalized spacial score (nSPS) is 16.6. The number of benzene rings is 1. The monoisotopic (exact) mass is 352 g/mol. The number of para-hydroxylation sites is 1. The maximum Gasteiger partial charge on any atom is 0.224 e. The molecule has 2 aromatic heterocycles. The SMILES string of the molecule is O=C(Cc1c[nH]c2ccccc12)NC[C@H](c1ccco1)[NH+]1CCCCC1. The van der Waals surface area contributed by atoms with Gasteiger partial charge < -0.3 is 19.6 Å². The Labute approximate surface area is 153 Å². The number of nitrogens with one attached hydrogen (secondary N) is 3. The van der Waals surface area contributed by atoms with Gasteiger partial charge in [0.05, 0.1) is 32.3 Å². The van der Waals surface area contributed by atoms with E-state index in [4.69, 9.17) is 4.42 Å². The number of quaternary nitrogens is 1. The molecule has 0 saturated carbocycles. The minimum absolute atomic E-state index is 0.0581. The van der Waals surface area contributed by atoms with Crippen molar-refractivity contribution in [1.29, 1.82) is 0 Å². The molecule has 3 N–H and O–H groups in total. The summed E-state index contributed by atoms with van der Waals surface area (Å²) < 4.78 is 5.67. The number of amides is 1. The number of carbonyl (C=O) groups is 1. The van der Waals surface area contributed by atoms with Crippen LogP contribution in [0.3, 0.4) is 0 Å². The van der Waals surface area contributed by atoms with Crippen LogP contribution in [0.25, 0.3) is 10.9 Å². The lowest BCUT2D eigenvalue weighted by Gasteiger charge is -2.30. The number of carbonyl (C=O) groups excluding carboxylic acids is 1. The van der Waals surface area contributed by atoms with E-state index in [0.29, 0.717) is 13.0 Å². The Balaban J connectivity index is 1.41. The molecule has 1 amide bonds. The first-order chi connectivity index (χ1) is 12.8. The van der Waals surface area contributed by atoms with Gasteiger partial charge in [0.2, 0.25) is 5.91 Å². The summed E-state index contributed by atoms with van der Waals surface area (Å²) in [5, 5.41) is 4.26. The molecule has 136 valence electrons. The highest BCUT2D eigenvalue weighted by molar-refractivity contribution is 5.88. The predicted octanol–water partition coefficient (Wildman–Crippen LogP) is 2.23. The fraction of sp³-hybridized carbons (Fsp3) is 0.381. The number of furan rings is 1. The summed E-state index contributed by atoms with van der Waals surface area (Å²) in [5.74, 6) is 1.03. The van der Waals surface area contributed by atoms with Crippen LogP contribution >= 0.6 is 0 Å². The number of likely N-dealkylation sites (tertiary alicyclic amines) is 1. The zero-order valence-electron chi connectivity index (χ0n) is 15.0. The van der Waals surface area contributed by atoms with E-state index in [0.717, 1.165) is 35.3 Å². The van der Waals surface area contributed by atoms with Gasteiger partial charge in [-0.05, 0) is 43.0 Å². The zero-order chi connectivity index (χ0) is 17.8. The molecule has 0 bridgehead atoms. The number of fused-ring (bicyclic) bond motifs is 1. The van der Waals surface area contributed by atoms with Crippen molar-refractivity contribution >= 4 is 16.8 Å². The minimum atomic E-state index is 0.0581. The smallest absolute Gasteiger partial charge is 0.224 e. The van der Waals surface area contributed by atoms with Crippen LogP contribution in [-0.4, -0.2) is 30.5 Å². The Morgan fingerprint density at radius 2 is 2.00 bits per heavy atom. The molecule has 0 aliphatic carbocycles. The summed E-state index contributed by atoms with van der Waals surface area (Å²) in [6.07, 6.45) is 7.85. The Morgan fingerprint density at radius 3 is 2.81 bits per heavy atom. The van der Waals surface area contributed by atoms with Gasteiger partial charge in [-0.2, -0.15) is 0 Å². The van der Waals surface area contributed by atoms with Gasteiger partial charge in [0.25, 0.3) is 0 Å². The highest BCUT2D eigenvalue weighted by Gasteiger charge is 2.28. The Kier molecular flexibility index (Phi) is 5.07. The molecular formula is C21H26N3O2+. The molecule has 3 aromatic rings.